The third-order valence-electron chi connectivity index (χ3n) is 3.85. The predicted molar refractivity (Wildman–Crippen MR) is 84.5 cm³/mol. The van der Waals surface area contributed by atoms with Gasteiger partial charge in [-0.2, -0.15) is 0 Å². The molecule has 0 unspecified atom stereocenters. The van der Waals surface area contributed by atoms with Crippen LogP contribution in [0.5, 0.6) is 5.75 Å². The van der Waals surface area contributed by atoms with Crippen LogP contribution in [0, 0.1) is 5.92 Å². The van der Waals surface area contributed by atoms with Crippen LogP contribution in [-0.2, 0) is 0 Å². The largest absolute Gasteiger partial charge is 0.494 e. The van der Waals surface area contributed by atoms with Crippen molar-refractivity contribution in [1.29, 1.82) is 0 Å². The van der Waals surface area contributed by atoms with Gasteiger partial charge in [-0.25, -0.2) is 9.48 Å². The first-order valence-corrected chi connectivity index (χ1v) is 7.44. The average Bonchev–Trinajstić information content (AvgIpc) is 3.28. The van der Waals surface area contributed by atoms with Crippen molar-refractivity contribution in [3.8, 4) is 11.4 Å². The number of rotatable bonds is 5. The first kappa shape index (κ1) is 14.4. The number of para-hydroxylation sites is 2. The fourth-order valence-corrected chi connectivity index (χ4v) is 2.42. The summed E-state index contributed by atoms with van der Waals surface area (Å²) in [6.07, 6.45) is 4.19. The van der Waals surface area contributed by atoms with Crippen LogP contribution >= 0.6 is 0 Å². The molecule has 0 aliphatic heterocycles. The first-order valence-electron chi connectivity index (χ1n) is 7.44. The van der Waals surface area contributed by atoms with Gasteiger partial charge in [0.1, 0.15) is 11.4 Å². The number of anilines is 1. The van der Waals surface area contributed by atoms with E-state index in [1.165, 1.54) is 12.8 Å². The minimum Gasteiger partial charge on any atom is -0.494 e. The number of carbonyl (C=O) groups excluding carboxylic acids is 1. The number of aromatic nitrogens is 2. The third kappa shape index (κ3) is 3.21. The summed E-state index contributed by atoms with van der Waals surface area (Å²) >= 11 is 0. The number of methoxy groups -OCH3 is 1. The summed E-state index contributed by atoms with van der Waals surface area (Å²) in [5, 5.41) is 10.1. The van der Waals surface area contributed by atoms with Crippen LogP contribution in [0.3, 0.4) is 0 Å². The summed E-state index contributed by atoms with van der Waals surface area (Å²) in [5.41, 5.74) is 0.824. The highest BCUT2D eigenvalue weighted by Crippen LogP contribution is 2.32. The van der Waals surface area contributed by atoms with Crippen molar-refractivity contribution in [2.75, 3.05) is 12.4 Å². The molecule has 2 N–H and O–H groups in total. The van der Waals surface area contributed by atoms with E-state index in [0.29, 0.717) is 11.7 Å². The van der Waals surface area contributed by atoms with E-state index in [2.05, 4.69) is 15.7 Å². The molecule has 6 heteroatoms. The van der Waals surface area contributed by atoms with Crippen LogP contribution in [0.2, 0.25) is 0 Å². The summed E-state index contributed by atoms with van der Waals surface area (Å²) in [4.78, 5) is 11.9. The molecule has 22 heavy (non-hydrogen) atoms. The number of urea groups is 1. The van der Waals surface area contributed by atoms with Gasteiger partial charge in [0.2, 0.25) is 0 Å². The van der Waals surface area contributed by atoms with Crippen molar-refractivity contribution in [3.05, 3.63) is 36.5 Å². The first-order chi connectivity index (χ1) is 10.7. The zero-order valence-corrected chi connectivity index (χ0v) is 12.7. The van der Waals surface area contributed by atoms with Gasteiger partial charge in [0, 0.05) is 18.3 Å². The standard InChI is InChI=1S/C16H20N4O2/c1-11(12-7-8-12)17-16(21)18-15-9-10-20(19-15)13-5-3-4-6-14(13)22-2/h3-6,9-12H,7-8H2,1-2H3,(H2,17,18,19,21)/t11-/m0/s1. The summed E-state index contributed by atoms with van der Waals surface area (Å²) in [5.74, 6) is 1.85. The van der Waals surface area contributed by atoms with Crippen molar-refractivity contribution >= 4 is 11.8 Å². The Bertz CT molecular complexity index is 664. The maximum absolute atomic E-state index is 11.9. The molecule has 2 amide bonds. The lowest BCUT2D eigenvalue weighted by Crippen LogP contribution is -2.37. The fourth-order valence-electron chi connectivity index (χ4n) is 2.42. The molecule has 1 aromatic heterocycles. The maximum atomic E-state index is 11.9. The number of amides is 2. The summed E-state index contributed by atoms with van der Waals surface area (Å²) < 4.78 is 6.99. The molecular weight excluding hydrogens is 280 g/mol. The smallest absolute Gasteiger partial charge is 0.320 e. The molecule has 2 aromatic rings. The van der Waals surface area contributed by atoms with E-state index >= 15 is 0 Å². The van der Waals surface area contributed by atoms with Crippen molar-refractivity contribution in [2.45, 2.75) is 25.8 Å². The molecule has 116 valence electrons. The van der Waals surface area contributed by atoms with E-state index in [9.17, 15) is 4.79 Å². The quantitative estimate of drug-likeness (QED) is 0.892. The van der Waals surface area contributed by atoms with Gasteiger partial charge in [-0.15, -0.1) is 5.10 Å². The van der Waals surface area contributed by atoms with Crippen molar-refractivity contribution in [2.24, 2.45) is 5.92 Å². The van der Waals surface area contributed by atoms with E-state index in [0.717, 1.165) is 11.4 Å². The SMILES string of the molecule is COc1ccccc1-n1ccc(NC(=O)N[C@@H](C)C2CC2)n1. The average molecular weight is 300 g/mol. The molecular formula is C16H20N4O2. The van der Waals surface area contributed by atoms with Gasteiger partial charge in [0.25, 0.3) is 0 Å². The second-order valence-electron chi connectivity index (χ2n) is 5.54. The lowest BCUT2D eigenvalue weighted by molar-refractivity contribution is 0.248. The van der Waals surface area contributed by atoms with Gasteiger partial charge in [-0.1, -0.05) is 12.1 Å². The second kappa shape index (κ2) is 6.09. The van der Waals surface area contributed by atoms with E-state index < -0.39 is 0 Å². The van der Waals surface area contributed by atoms with Crippen molar-refractivity contribution in [1.82, 2.24) is 15.1 Å². The molecule has 1 heterocycles. The summed E-state index contributed by atoms with van der Waals surface area (Å²) in [6.45, 7) is 2.03. The molecule has 0 bridgehead atoms. The molecule has 1 saturated carbocycles. The Hall–Kier alpha value is -2.50. The Morgan fingerprint density at radius 3 is 2.86 bits per heavy atom. The lowest BCUT2D eigenvalue weighted by Gasteiger charge is -2.12. The molecule has 1 atom stereocenters. The Morgan fingerprint density at radius 1 is 1.36 bits per heavy atom. The number of carbonyl (C=O) groups is 1. The molecule has 1 fully saturated rings. The maximum Gasteiger partial charge on any atom is 0.320 e. The molecule has 0 spiro atoms. The van der Waals surface area contributed by atoms with Gasteiger partial charge in [0.15, 0.2) is 5.82 Å². The minimum atomic E-state index is -0.218. The lowest BCUT2D eigenvalue weighted by atomic mass is 10.2. The van der Waals surface area contributed by atoms with Crippen LogP contribution in [-0.4, -0.2) is 29.0 Å². The number of nitrogens with zero attached hydrogens (tertiary/aromatic N) is 2. The van der Waals surface area contributed by atoms with E-state index in [1.807, 2.05) is 31.2 Å². The van der Waals surface area contributed by atoms with Gasteiger partial charge < -0.3 is 10.1 Å². The Balaban J connectivity index is 1.67. The van der Waals surface area contributed by atoms with E-state index in [-0.39, 0.29) is 12.1 Å². The molecule has 1 aromatic carbocycles. The number of ether oxygens (including phenoxy) is 1. The van der Waals surface area contributed by atoms with Gasteiger partial charge >= 0.3 is 6.03 Å². The Labute approximate surface area is 129 Å². The molecule has 3 rings (SSSR count). The second-order valence-corrected chi connectivity index (χ2v) is 5.54. The molecule has 6 nitrogen and oxygen atoms in total. The summed E-state index contributed by atoms with van der Waals surface area (Å²) in [7, 11) is 1.62. The van der Waals surface area contributed by atoms with Crippen LogP contribution in [0.15, 0.2) is 36.5 Å². The van der Waals surface area contributed by atoms with Gasteiger partial charge in [-0.05, 0) is 37.8 Å². The van der Waals surface area contributed by atoms with Gasteiger partial charge in [-0.3, -0.25) is 5.32 Å². The molecule has 0 radical (unpaired) electrons. The number of benzene rings is 1. The Morgan fingerprint density at radius 2 is 2.14 bits per heavy atom. The molecule has 0 saturated heterocycles. The normalized spacial score (nSPS) is 15.2. The summed E-state index contributed by atoms with van der Waals surface area (Å²) in [6, 6.07) is 9.34. The fraction of sp³-hybridized carbons (Fsp3) is 0.375. The predicted octanol–water partition coefficient (Wildman–Crippen LogP) is 2.80. The van der Waals surface area contributed by atoms with Crippen LogP contribution in [0.4, 0.5) is 10.6 Å². The third-order valence-corrected chi connectivity index (χ3v) is 3.85. The highest BCUT2D eigenvalue weighted by Gasteiger charge is 2.28. The highest BCUT2D eigenvalue weighted by atomic mass is 16.5. The zero-order valence-electron chi connectivity index (χ0n) is 12.7. The van der Waals surface area contributed by atoms with Crippen LogP contribution in [0.1, 0.15) is 19.8 Å². The van der Waals surface area contributed by atoms with Gasteiger partial charge in [0.05, 0.1) is 7.11 Å². The number of hydrogen-bond acceptors (Lipinski definition) is 3. The molecule has 1 aliphatic carbocycles. The number of hydrogen-bond donors (Lipinski definition) is 2. The highest BCUT2D eigenvalue weighted by molar-refractivity contribution is 5.88. The number of nitrogens with one attached hydrogen (secondary N) is 2. The topological polar surface area (TPSA) is 68.2 Å². The van der Waals surface area contributed by atoms with E-state index in [4.69, 9.17) is 4.74 Å². The van der Waals surface area contributed by atoms with Crippen LogP contribution < -0.4 is 15.4 Å². The van der Waals surface area contributed by atoms with Crippen LogP contribution in [0.25, 0.3) is 5.69 Å². The Kier molecular flexibility index (Phi) is 4.00. The van der Waals surface area contributed by atoms with Crippen molar-refractivity contribution < 1.29 is 9.53 Å². The monoisotopic (exact) mass is 300 g/mol. The molecule has 1 aliphatic rings. The zero-order chi connectivity index (χ0) is 15.5. The van der Waals surface area contributed by atoms with Crippen molar-refractivity contribution in [3.63, 3.8) is 0 Å². The van der Waals surface area contributed by atoms with E-state index in [1.54, 1.807) is 24.1 Å². The minimum absolute atomic E-state index is 0.205.